The lowest BCUT2D eigenvalue weighted by atomic mass is 10.1. The van der Waals surface area contributed by atoms with Gasteiger partial charge in [0.25, 0.3) is 5.91 Å². The van der Waals surface area contributed by atoms with Gasteiger partial charge in [0.15, 0.2) is 11.2 Å². The van der Waals surface area contributed by atoms with Gasteiger partial charge < -0.3 is 4.57 Å². The van der Waals surface area contributed by atoms with E-state index in [2.05, 4.69) is 36.3 Å². The van der Waals surface area contributed by atoms with Crippen molar-refractivity contribution in [2.45, 2.75) is 38.3 Å². The number of rotatable bonds is 4. The number of imidazole rings is 1. The Bertz CT molecular complexity index is 1360. The summed E-state index contributed by atoms with van der Waals surface area (Å²) < 4.78 is 58.3. The monoisotopic (exact) mass is 542 g/mol. The van der Waals surface area contributed by atoms with Crippen molar-refractivity contribution in [1.82, 2.24) is 24.3 Å². The minimum absolute atomic E-state index is 0.0511. The van der Waals surface area contributed by atoms with Gasteiger partial charge in [0.1, 0.15) is 6.17 Å². The third-order valence-corrected chi connectivity index (χ3v) is 7.05. The number of nitrogens with one attached hydrogen (secondary N) is 1. The minimum atomic E-state index is -4.63. The van der Waals surface area contributed by atoms with Gasteiger partial charge in [0.05, 0.1) is 29.6 Å². The van der Waals surface area contributed by atoms with E-state index in [0.29, 0.717) is 16.4 Å². The van der Waals surface area contributed by atoms with E-state index in [9.17, 15) is 22.4 Å². The van der Waals surface area contributed by atoms with Crippen LogP contribution in [0, 0.1) is 6.92 Å². The van der Waals surface area contributed by atoms with Gasteiger partial charge in [-0.05, 0) is 18.6 Å². The summed E-state index contributed by atoms with van der Waals surface area (Å²) in [4.78, 5) is 21.7. The van der Waals surface area contributed by atoms with Gasteiger partial charge >= 0.3 is 6.18 Å². The second kappa shape index (κ2) is 7.90. The number of amides is 1. The number of thiazole rings is 1. The summed E-state index contributed by atoms with van der Waals surface area (Å²) in [6.07, 6.45) is -1.57. The maximum absolute atomic E-state index is 14.0. The van der Waals surface area contributed by atoms with Crippen molar-refractivity contribution >= 4 is 49.2 Å². The molecule has 2 atom stereocenters. The molecule has 4 aromatic rings. The Morgan fingerprint density at radius 2 is 2.15 bits per heavy atom. The molecular formula is C20H15BrF4N6OS. The molecule has 1 aliphatic rings. The van der Waals surface area contributed by atoms with Crippen LogP contribution in [0.2, 0.25) is 0 Å². The molecule has 1 aromatic carbocycles. The predicted molar refractivity (Wildman–Crippen MR) is 117 cm³/mol. The van der Waals surface area contributed by atoms with E-state index in [1.165, 1.54) is 30.1 Å². The van der Waals surface area contributed by atoms with Crippen LogP contribution in [-0.4, -0.2) is 36.4 Å². The molecule has 0 spiro atoms. The first-order chi connectivity index (χ1) is 15.6. The Kier molecular flexibility index (Phi) is 5.27. The Morgan fingerprint density at radius 3 is 2.85 bits per heavy atom. The van der Waals surface area contributed by atoms with E-state index in [1.54, 1.807) is 16.9 Å². The maximum atomic E-state index is 14.0. The molecule has 0 aliphatic carbocycles. The lowest BCUT2D eigenvalue weighted by Crippen LogP contribution is -2.28. The summed E-state index contributed by atoms with van der Waals surface area (Å²) in [5.41, 5.74) is 0.467. The fourth-order valence-electron chi connectivity index (χ4n) is 4.01. The highest BCUT2D eigenvalue weighted by Gasteiger charge is 2.37. The average molecular weight is 543 g/mol. The smallest absolute Gasteiger partial charge is 0.331 e. The number of alkyl halides is 4. The summed E-state index contributed by atoms with van der Waals surface area (Å²) in [5, 5.41) is 8.87. The predicted octanol–water partition coefficient (Wildman–Crippen LogP) is 4.90. The normalized spacial score (nSPS) is 16.8. The molecule has 0 saturated carbocycles. The molecule has 1 unspecified atom stereocenters. The Labute approximate surface area is 196 Å². The fraction of sp³-hybridized carbons (Fsp3) is 0.300. The van der Waals surface area contributed by atoms with Crippen molar-refractivity contribution in [2.75, 3.05) is 5.32 Å². The number of hydrogen-bond acceptors (Lipinski definition) is 5. The number of fused-ring (bicyclic) bond motifs is 2. The third-order valence-electron chi connectivity index (χ3n) is 5.53. The minimum Gasteiger partial charge on any atom is -0.331 e. The lowest BCUT2D eigenvalue weighted by Gasteiger charge is -2.16. The first kappa shape index (κ1) is 22.0. The van der Waals surface area contributed by atoms with Crippen LogP contribution in [-0.2, 0) is 23.9 Å². The molecule has 33 heavy (non-hydrogen) atoms. The maximum Gasteiger partial charge on any atom is 0.417 e. The summed E-state index contributed by atoms with van der Waals surface area (Å²) in [6, 6.07) is -0.224. The molecule has 0 fully saturated rings. The highest BCUT2D eigenvalue weighted by Crippen LogP contribution is 2.39. The number of carbonyl (C=O) groups is 1. The fourth-order valence-corrected chi connectivity index (χ4v) is 4.95. The molecule has 0 radical (unpaired) electrons. The zero-order valence-corrected chi connectivity index (χ0v) is 19.3. The van der Waals surface area contributed by atoms with E-state index in [0.717, 1.165) is 10.7 Å². The molecule has 5 rings (SSSR count). The first-order valence-corrected chi connectivity index (χ1v) is 11.4. The van der Waals surface area contributed by atoms with E-state index in [-0.39, 0.29) is 34.0 Å². The zero-order chi connectivity index (χ0) is 23.5. The van der Waals surface area contributed by atoms with Gasteiger partial charge in [-0.15, -0.1) is 11.3 Å². The Hall–Kier alpha value is -2.80. The average Bonchev–Trinajstić information content (AvgIpc) is 3.50. The second-order valence-electron chi connectivity index (χ2n) is 7.66. The number of halogens is 5. The highest BCUT2D eigenvalue weighted by molar-refractivity contribution is 9.10. The summed E-state index contributed by atoms with van der Waals surface area (Å²) >= 11 is 4.36. The molecule has 4 heterocycles. The van der Waals surface area contributed by atoms with Gasteiger partial charge in [-0.3, -0.25) is 14.8 Å². The van der Waals surface area contributed by atoms with Gasteiger partial charge in [-0.2, -0.15) is 18.3 Å². The first-order valence-electron chi connectivity index (χ1n) is 9.77. The number of carbonyl (C=O) groups excluding carboxylic acids is 1. The number of aromatic nitrogens is 5. The molecular weight excluding hydrogens is 528 g/mol. The van der Waals surface area contributed by atoms with Crippen molar-refractivity contribution in [1.29, 1.82) is 0 Å². The second-order valence-corrected chi connectivity index (χ2v) is 9.41. The standard InChI is InChI=1S/C20H15BrF4N6OS/c1-9-13(21)5-12(20(23,24)25)11-7-31(29-15(9)11)17(18(32)28-19-26-2-3-33-19)16-14-4-10(22)6-30(14)8-27-16/h2-3,5,7-8,10,17H,4,6H2,1H3,(H,26,28,32)/t10-,17?/m1/s1. The largest absolute Gasteiger partial charge is 0.417 e. The topological polar surface area (TPSA) is 77.6 Å². The molecule has 1 amide bonds. The van der Waals surface area contributed by atoms with Gasteiger partial charge in [-0.1, -0.05) is 15.9 Å². The summed E-state index contributed by atoms with van der Waals surface area (Å²) in [5.74, 6) is -0.591. The van der Waals surface area contributed by atoms with Crippen molar-refractivity contribution in [3.8, 4) is 0 Å². The molecule has 172 valence electrons. The van der Waals surface area contributed by atoms with Gasteiger partial charge in [0.2, 0.25) is 0 Å². The van der Waals surface area contributed by atoms with Crippen LogP contribution in [0.15, 0.2) is 34.6 Å². The molecule has 3 aromatic heterocycles. The van der Waals surface area contributed by atoms with Crippen LogP contribution in [0.25, 0.3) is 10.9 Å². The van der Waals surface area contributed by atoms with Gasteiger partial charge in [-0.25, -0.2) is 14.4 Å². The van der Waals surface area contributed by atoms with Crippen LogP contribution in [0.4, 0.5) is 22.7 Å². The van der Waals surface area contributed by atoms with Crippen molar-refractivity contribution < 1.29 is 22.4 Å². The molecule has 0 saturated heterocycles. The Balaban J connectivity index is 1.69. The van der Waals surface area contributed by atoms with Crippen molar-refractivity contribution in [3.63, 3.8) is 0 Å². The molecule has 13 heteroatoms. The highest BCUT2D eigenvalue weighted by atomic mass is 79.9. The number of aryl methyl sites for hydroxylation is 1. The number of anilines is 1. The Morgan fingerprint density at radius 1 is 1.36 bits per heavy atom. The summed E-state index contributed by atoms with van der Waals surface area (Å²) in [7, 11) is 0. The van der Waals surface area contributed by atoms with E-state index in [4.69, 9.17) is 0 Å². The van der Waals surface area contributed by atoms with Crippen LogP contribution in [0.1, 0.15) is 28.6 Å². The van der Waals surface area contributed by atoms with Crippen LogP contribution >= 0.6 is 27.3 Å². The van der Waals surface area contributed by atoms with Crippen LogP contribution in [0.3, 0.4) is 0 Å². The molecule has 0 bridgehead atoms. The quantitative estimate of drug-likeness (QED) is 0.372. The molecule has 7 nitrogen and oxygen atoms in total. The molecule has 1 aliphatic heterocycles. The van der Waals surface area contributed by atoms with E-state index in [1.807, 2.05) is 0 Å². The van der Waals surface area contributed by atoms with Gasteiger partial charge in [0, 0.05) is 39.7 Å². The van der Waals surface area contributed by atoms with Crippen LogP contribution in [0.5, 0.6) is 0 Å². The molecule has 1 N–H and O–H groups in total. The van der Waals surface area contributed by atoms with E-state index >= 15 is 0 Å². The summed E-state index contributed by atoms with van der Waals surface area (Å²) in [6.45, 7) is 1.74. The SMILES string of the molecule is Cc1c(Br)cc(C(F)(F)F)c2cn(C(C(=O)Nc3nccs3)c3ncn4c3C[C@@H](F)C4)nc12. The van der Waals surface area contributed by atoms with Crippen molar-refractivity contribution in [3.05, 3.63) is 57.2 Å². The third kappa shape index (κ3) is 3.82. The lowest BCUT2D eigenvalue weighted by molar-refractivity contribution is -0.136. The zero-order valence-electron chi connectivity index (χ0n) is 16.9. The number of hydrogen-bond donors (Lipinski definition) is 1. The number of benzene rings is 1. The number of nitrogens with zero attached hydrogens (tertiary/aromatic N) is 5. The van der Waals surface area contributed by atoms with E-state index < -0.39 is 29.9 Å². The van der Waals surface area contributed by atoms with Crippen LogP contribution < -0.4 is 5.32 Å². The van der Waals surface area contributed by atoms with Crippen molar-refractivity contribution in [2.24, 2.45) is 0 Å².